The van der Waals surface area contributed by atoms with Gasteiger partial charge in [-0.15, -0.1) is 11.3 Å². The molecule has 2 heterocycles. The third-order valence-corrected chi connectivity index (χ3v) is 3.47. The molecule has 2 rings (SSSR count). The molecule has 0 atom stereocenters. The number of carbonyl (C=O) groups excluding carboxylic acids is 1. The summed E-state index contributed by atoms with van der Waals surface area (Å²) in [5.41, 5.74) is 0.699. The molecule has 0 aliphatic rings. The second-order valence-electron chi connectivity index (χ2n) is 3.56. The van der Waals surface area contributed by atoms with Crippen molar-refractivity contribution in [2.24, 2.45) is 0 Å². The van der Waals surface area contributed by atoms with Gasteiger partial charge in [0.05, 0.1) is 19.9 Å². The zero-order valence-corrected chi connectivity index (χ0v) is 11.6. The fraction of sp³-hybridized carbons (Fsp3) is 0.250. The Kier molecular flexibility index (Phi) is 4.08. The van der Waals surface area contributed by atoms with Gasteiger partial charge in [0.15, 0.2) is 4.88 Å². The molecule has 7 heteroatoms. The van der Waals surface area contributed by atoms with Crippen LogP contribution in [-0.2, 0) is 4.84 Å². The van der Waals surface area contributed by atoms with Crippen LogP contribution in [0.1, 0.15) is 9.67 Å². The second-order valence-corrected chi connectivity index (χ2v) is 4.56. The predicted octanol–water partition coefficient (Wildman–Crippen LogP) is 1.85. The average molecular weight is 279 g/mol. The van der Waals surface area contributed by atoms with Crippen LogP contribution in [0.3, 0.4) is 0 Å². The van der Waals surface area contributed by atoms with Crippen LogP contribution in [0, 0.1) is 0 Å². The van der Waals surface area contributed by atoms with Gasteiger partial charge >= 0.3 is 0 Å². The standard InChI is InChI=1S/C12H13N3O3S/c1-15(18-3)12(16)9-10(17-2)14-11(19-9)8-6-4-5-7-13-8/h4-7H,1-3H3. The van der Waals surface area contributed by atoms with Gasteiger partial charge in [0.25, 0.3) is 5.91 Å². The lowest BCUT2D eigenvalue weighted by molar-refractivity contribution is -0.0755. The Bertz CT molecular complexity index is 571. The van der Waals surface area contributed by atoms with Crippen molar-refractivity contribution in [3.63, 3.8) is 0 Å². The highest BCUT2D eigenvalue weighted by atomic mass is 32.1. The molecule has 0 fully saturated rings. The molecule has 0 N–H and O–H groups in total. The Morgan fingerprint density at radius 2 is 2.16 bits per heavy atom. The van der Waals surface area contributed by atoms with Crippen molar-refractivity contribution in [2.75, 3.05) is 21.3 Å². The number of hydroxylamine groups is 2. The van der Waals surface area contributed by atoms with Crippen LogP contribution in [0.15, 0.2) is 24.4 Å². The monoisotopic (exact) mass is 279 g/mol. The Morgan fingerprint density at radius 3 is 2.74 bits per heavy atom. The molecule has 0 aromatic carbocycles. The number of methoxy groups -OCH3 is 1. The van der Waals surface area contributed by atoms with Crippen molar-refractivity contribution in [1.29, 1.82) is 0 Å². The van der Waals surface area contributed by atoms with Gasteiger partial charge in [0, 0.05) is 13.2 Å². The Balaban J connectivity index is 2.41. The molecule has 0 saturated carbocycles. The van der Waals surface area contributed by atoms with E-state index in [0.29, 0.717) is 15.6 Å². The van der Waals surface area contributed by atoms with Crippen molar-refractivity contribution >= 4 is 17.2 Å². The SMILES string of the molecule is COc1nc(-c2ccccn2)sc1C(=O)N(C)OC. The van der Waals surface area contributed by atoms with Gasteiger partial charge in [-0.25, -0.2) is 5.06 Å². The van der Waals surface area contributed by atoms with Gasteiger partial charge in [-0.05, 0) is 12.1 Å². The highest BCUT2D eigenvalue weighted by molar-refractivity contribution is 7.17. The fourth-order valence-electron chi connectivity index (χ4n) is 1.40. The number of ether oxygens (including phenoxy) is 1. The molecule has 0 aliphatic heterocycles. The van der Waals surface area contributed by atoms with Crippen molar-refractivity contribution in [1.82, 2.24) is 15.0 Å². The maximum absolute atomic E-state index is 12.1. The van der Waals surface area contributed by atoms with Gasteiger partial charge in [-0.2, -0.15) is 4.98 Å². The van der Waals surface area contributed by atoms with Gasteiger partial charge in [-0.3, -0.25) is 14.6 Å². The van der Waals surface area contributed by atoms with Crippen LogP contribution in [0.25, 0.3) is 10.7 Å². The predicted molar refractivity (Wildman–Crippen MR) is 71.0 cm³/mol. The molecule has 2 aromatic heterocycles. The number of hydrogen-bond donors (Lipinski definition) is 0. The highest BCUT2D eigenvalue weighted by Gasteiger charge is 2.23. The lowest BCUT2D eigenvalue weighted by Crippen LogP contribution is -2.24. The molecular formula is C12H13N3O3S. The molecule has 0 spiro atoms. The van der Waals surface area contributed by atoms with E-state index in [-0.39, 0.29) is 11.8 Å². The summed E-state index contributed by atoms with van der Waals surface area (Å²) in [4.78, 5) is 25.8. The zero-order valence-electron chi connectivity index (χ0n) is 10.8. The fourth-order valence-corrected chi connectivity index (χ4v) is 2.38. The summed E-state index contributed by atoms with van der Waals surface area (Å²) in [6.07, 6.45) is 1.67. The molecule has 0 saturated heterocycles. The minimum atomic E-state index is -0.306. The van der Waals surface area contributed by atoms with E-state index in [1.54, 1.807) is 6.20 Å². The summed E-state index contributed by atoms with van der Waals surface area (Å²) in [6, 6.07) is 5.50. The van der Waals surface area contributed by atoms with Gasteiger partial charge < -0.3 is 4.74 Å². The molecule has 6 nitrogen and oxygen atoms in total. The summed E-state index contributed by atoms with van der Waals surface area (Å²) in [5.74, 6) is -0.0291. The van der Waals surface area contributed by atoms with Crippen LogP contribution < -0.4 is 4.74 Å². The summed E-state index contributed by atoms with van der Waals surface area (Å²) >= 11 is 1.22. The van der Waals surface area contributed by atoms with E-state index in [0.717, 1.165) is 5.06 Å². The van der Waals surface area contributed by atoms with Crippen molar-refractivity contribution in [3.8, 4) is 16.6 Å². The van der Waals surface area contributed by atoms with Crippen LogP contribution in [0.4, 0.5) is 0 Å². The molecule has 100 valence electrons. The minimum absolute atomic E-state index is 0.277. The number of carbonyl (C=O) groups is 1. The minimum Gasteiger partial charge on any atom is -0.480 e. The van der Waals surface area contributed by atoms with Gasteiger partial charge in [-0.1, -0.05) is 6.07 Å². The molecule has 0 aliphatic carbocycles. The molecule has 0 unspecified atom stereocenters. The maximum Gasteiger partial charge on any atom is 0.292 e. The second kappa shape index (κ2) is 5.77. The van der Waals surface area contributed by atoms with E-state index in [2.05, 4.69) is 9.97 Å². The van der Waals surface area contributed by atoms with E-state index in [1.807, 2.05) is 18.2 Å². The molecule has 0 radical (unpaired) electrons. The van der Waals surface area contributed by atoms with Crippen LogP contribution in [0.2, 0.25) is 0 Å². The first kappa shape index (κ1) is 13.4. The molecule has 19 heavy (non-hydrogen) atoms. The Hall–Kier alpha value is -1.99. The first-order valence-corrected chi connectivity index (χ1v) is 6.27. The number of amides is 1. The van der Waals surface area contributed by atoms with E-state index >= 15 is 0 Å². The van der Waals surface area contributed by atoms with Crippen LogP contribution >= 0.6 is 11.3 Å². The number of nitrogens with zero attached hydrogens (tertiary/aromatic N) is 3. The van der Waals surface area contributed by atoms with E-state index in [9.17, 15) is 4.79 Å². The Labute approximate surface area is 114 Å². The van der Waals surface area contributed by atoms with E-state index in [4.69, 9.17) is 9.57 Å². The lowest BCUT2D eigenvalue weighted by atomic mass is 10.4. The number of hydrogen-bond acceptors (Lipinski definition) is 6. The molecule has 1 amide bonds. The summed E-state index contributed by atoms with van der Waals surface area (Å²) in [5, 5.41) is 1.75. The third kappa shape index (κ3) is 2.72. The first-order chi connectivity index (χ1) is 9.17. The molecule has 0 bridgehead atoms. The van der Waals surface area contributed by atoms with Gasteiger partial charge in [0.2, 0.25) is 5.88 Å². The normalized spacial score (nSPS) is 10.3. The zero-order chi connectivity index (χ0) is 13.8. The quantitative estimate of drug-likeness (QED) is 0.799. The van der Waals surface area contributed by atoms with Crippen LogP contribution in [-0.4, -0.2) is 42.2 Å². The molecular weight excluding hydrogens is 266 g/mol. The largest absolute Gasteiger partial charge is 0.480 e. The third-order valence-electron chi connectivity index (χ3n) is 2.43. The first-order valence-electron chi connectivity index (χ1n) is 5.45. The van der Waals surface area contributed by atoms with E-state index < -0.39 is 0 Å². The topological polar surface area (TPSA) is 64.6 Å². The van der Waals surface area contributed by atoms with Crippen molar-refractivity contribution in [2.45, 2.75) is 0 Å². The van der Waals surface area contributed by atoms with Crippen LogP contribution in [0.5, 0.6) is 5.88 Å². The summed E-state index contributed by atoms with van der Waals surface area (Å²) < 4.78 is 5.13. The summed E-state index contributed by atoms with van der Waals surface area (Å²) in [6.45, 7) is 0. The number of rotatable bonds is 4. The highest BCUT2D eigenvalue weighted by Crippen LogP contribution is 2.32. The van der Waals surface area contributed by atoms with Crippen molar-refractivity contribution < 1.29 is 14.4 Å². The lowest BCUT2D eigenvalue weighted by Gasteiger charge is -2.12. The average Bonchev–Trinajstić information content (AvgIpc) is 2.90. The number of pyridine rings is 1. The number of aromatic nitrogens is 2. The smallest absolute Gasteiger partial charge is 0.292 e. The van der Waals surface area contributed by atoms with Gasteiger partial charge in [0.1, 0.15) is 5.01 Å². The maximum atomic E-state index is 12.1. The Morgan fingerprint density at radius 1 is 1.37 bits per heavy atom. The molecule has 2 aromatic rings. The number of thiazole rings is 1. The van der Waals surface area contributed by atoms with Crippen molar-refractivity contribution in [3.05, 3.63) is 29.3 Å². The van der Waals surface area contributed by atoms with E-state index in [1.165, 1.54) is 32.6 Å². The summed E-state index contributed by atoms with van der Waals surface area (Å²) in [7, 11) is 4.42.